The maximum Gasteiger partial charge on any atom is 0.309 e. The number of nitrogens with zero attached hydrogens (tertiary/aromatic N) is 1. The van der Waals surface area contributed by atoms with Gasteiger partial charge in [-0.1, -0.05) is 119 Å². The Morgan fingerprint density at radius 3 is 2.23 bits per heavy atom. The van der Waals surface area contributed by atoms with Crippen molar-refractivity contribution in [3.8, 4) is 0 Å². The van der Waals surface area contributed by atoms with Crippen LogP contribution >= 0.6 is 0 Å². The predicted octanol–water partition coefficient (Wildman–Crippen LogP) is 8.31. The van der Waals surface area contributed by atoms with Crippen LogP contribution in [0.4, 0.5) is 11.4 Å². The van der Waals surface area contributed by atoms with Gasteiger partial charge in [-0.2, -0.15) is 0 Å². The van der Waals surface area contributed by atoms with Crippen LogP contribution in [0.2, 0.25) is 0 Å². The van der Waals surface area contributed by atoms with E-state index in [1.54, 1.807) is 0 Å². The van der Waals surface area contributed by atoms with Crippen LogP contribution in [0.5, 0.6) is 0 Å². The van der Waals surface area contributed by atoms with Gasteiger partial charge in [-0.05, 0) is 63.2 Å². The number of quaternary nitrogens is 1. The Morgan fingerprint density at radius 1 is 0.860 bits per heavy atom. The van der Waals surface area contributed by atoms with Gasteiger partial charge < -0.3 is 15.3 Å². The van der Waals surface area contributed by atoms with Crippen LogP contribution in [-0.4, -0.2) is 24.7 Å². The van der Waals surface area contributed by atoms with Crippen LogP contribution in [-0.2, 0) is 15.6 Å². The molecule has 1 aliphatic rings. The number of carboxylic acids is 1. The third-order valence-corrected chi connectivity index (χ3v) is 8.72. The van der Waals surface area contributed by atoms with Crippen molar-refractivity contribution in [3.63, 3.8) is 0 Å². The van der Waals surface area contributed by atoms with E-state index in [9.17, 15) is 4.79 Å². The number of carboxylic acid groups (broad SMARTS) is 1. The number of aliphatic carboxylic acids is 1. The van der Waals surface area contributed by atoms with Crippen molar-refractivity contribution < 1.29 is 15.2 Å². The van der Waals surface area contributed by atoms with Crippen molar-refractivity contribution in [1.29, 1.82) is 0 Å². The number of fused-ring (bicyclic) bond motifs is 4. The molecular weight excluding hydrogens is 528 g/mol. The van der Waals surface area contributed by atoms with Gasteiger partial charge in [0.15, 0.2) is 0 Å². The largest absolute Gasteiger partial charge is 0.481 e. The van der Waals surface area contributed by atoms with E-state index in [2.05, 4.69) is 160 Å². The van der Waals surface area contributed by atoms with Gasteiger partial charge in [0.05, 0.1) is 13.0 Å². The maximum atomic E-state index is 11.1. The molecule has 4 aromatic carbocycles. The minimum atomic E-state index is -0.768. The predicted molar refractivity (Wildman–Crippen MR) is 181 cm³/mol. The first kappa shape index (κ1) is 30.1. The number of likely N-dealkylation sites (N-methyl/N-ethyl adjacent to an activating group) is 1. The summed E-state index contributed by atoms with van der Waals surface area (Å²) >= 11 is 0. The van der Waals surface area contributed by atoms with Crippen LogP contribution < -0.4 is 10.2 Å². The van der Waals surface area contributed by atoms with E-state index in [0.29, 0.717) is 6.54 Å². The van der Waals surface area contributed by atoms with Gasteiger partial charge in [0.1, 0.15) is 5.69 Å². The first-order chi connectivity index (χ1) is 20.6. The number of allylic oxidation sites excluding steroid dienone is 8. The first-order valence-corrected chi connectivity index (χ1v) is 15.1. The molecule has 0 aromatic heterocycles. The molecule has 0 saturated carbocycles. The van der Waals surface area contributed by atoms with Gasteiger partial charge in [-0.3, -0.25) is 4.79 Å². The highest BCUT2D eigenvalue weighted by molar-refractivity contribution is 5.95. The number of carbonyl (C=O) groups is 1. The standard InChI is InChI=1S/C39H42N2O2/c1-38(2,36-30-18-13-11-16-28(30)21-23-32(36)40-27-25-35(42)43)26-15-9-7-6-8-10-20-34-39(3,4)37-31-19-14-12-17-29(31)22-24-33(37)41(34)5/h6-24,40H,25-27H2,1-5H3,(H,42,43)/p+1/b7-6+,10-8+,15-9+,34-20+. The van der Waals surface area contributed by atoms with Gasteiger partial charge in [0.25, 0.3) is 0 Å². The fourth-order valence-electron chi connectivity index (χ4n) is 6.64. The topological polar surface area (TPSA) is 57.2 Å². The lowest BCUT2D eigenvalue weighted by atomic mass is 9.78. The summed E-state index contributed by atoms with van der Waals surface area (Å²) in [5, 5.41) is 16.2. The molecule has 0 unspecified atom stereocenters. The molecule has 0 aliphatic carbocycles. The molecule has 4 nitrogen and oxygen atoms in total. The van der Waals surface area contributed by atoms with E-state index in [4.69, 9.17) is 5.11 Å². The highest BCUT2D eigenvalue weighted by Gasteiger charge is 2.39. The van der Waals surface area contributed by atoms with E-state index in [1.165, 1.54) is 44.1 Å². The molecule has 220 valence electrons. The number of hydrogen-bond acceptors (Lipinski definition) is 2. The van der Waals surface area contributed by atoms with E-state index >= 15 is 0 Å². The number of rotatable bonds is 10. The molecule has 0 fully saturated rings. The summed E-state index contributed by atoms with van der Waals surface area (Å²) in [7, 11) is 2.16. The fraction of sp³-hybridized carbons (Fsp3) is 0.256. The van der Waals surface area contributed by atoms with Crippen molar-refractivity contribution >= 4 is 38.9 Å². The molecule has 1 aliphatic heterocycles. The monoisotopic (exact) mass is 571 g/mol. The molecule has 0 saturated heterocycles. The highest BCUT2D eigenvalue weighted by Crippen LogP contribution is 2.49. The van der Waals surface area contributed by atoms with Gasteiger partial charge in [-0.25, -0.2) is 0 Å². The van der Waals surface area contributed by atoms with E-state index in [0.717, 1.165) is 12.1 Å². The van der Waals surface area contributed by atoms with Gasteiger partial charge >= 0.3 is 5.97 Å². The Labute approximate surface area is 255 Å². The summed E-state index contributed by atoms with van der Waals surface area (Å²) < 4.78 is 0. The second-order valence-electron chi connectivity index (χ2n) is 12.6. The van der Waals surface area contributed by atoms with Crippen molar-refractivity contribution in [1.82, 2.24) is 0 Å². The molecular formula is C39H43N2O2+. The molecule has 1 heterocycles. The molecule has 43 heavy (non-hydrogen) atoms. The number of anilines is 1. The Morgan fingerprint density at radius 2 is 1.49 bits per heavy atom. The lowest BCUT2D eigenvalue weighted by Crippen LogP contribution is -2.79. The van der Waals surface area contributed by atoms with Crippen molar-refractivity contribution in [2.24, 2.45) is 0 Å². The zero-order chi connectivity index (χ0) is 30.6. The van der Waals surface area contributed by atoms with Crippen LogP contribution in [0.15, 0.2) is 121 Å². The third kappa shape index (κ3) is 6.21. The number of hydrogen-bond donors (Lipinski definition) is 2. The Balaban J connectivity index is 1.28. The first-order valence-electron chi connectivity index (χ1n) is 15.1. The molecule has 4 heteroatoms. The lowest BCUT2D eigenvalue weighted by Gasteiger charge is -2.27. The second-order valence-corrected chi connectivity index (χ2v) is 12.6. The van der Waals surface area contributed by atoms with Gasteiger partial charge in [-0.15, -0.1) is 0 Å². The summed E-state index contributed by atoms with van der Waals surface area (Å²) in [6.07, 6.45) is 16.0. The Bertz CT molecular complexity index is 1770. The average molecular weight is 572 g/mol. The van der Waals surface area contributed by atoms with Crippen molar-refractivity contribution in [3.05, 3.63) is 132 Å². The quantitative estimate of drug-likeness (QED) is 0.149. The van der Waals surface area contributed by atoms with E-state index in [1.807, 2.05) is 0 Å². The van der Waals surface area contributed by atoms with E-state index < -0.39 is 5.97 Å². The minimum Gasteiger partial charge on any atom is -0.481 e. The zero-order valence-electron chi connectivity index (χ0n) is 26.0. The summed E-state index contributed by atoms with van der Waals surface area (Å²) in [5.74, 6) is -0.768. The molecule has 5 rings (SSSR count). The molecule has 0 atom stereocenters. The van der Waals surface area contributed by atoms with Gasteiger partial charge in [0, 0.05) is 29.4 Å². The smallest absolute Gasteiger partial charge is 0.309 e. The van der Waals surface area contributed by atoms with Gasteiger partial charge in [0.2, 0.25) is 0 Å². The summed E-state index contributed by atoms with van der Waals surface area (Å²) in [4.78, 5) is 13.4. The molecule has 4 aromatic rings. The lowest BCUT2D eigenvalue weighted by molar-refractivity contribution is -0.571. The highest BCUT2D eigenvalue weighted by atomic mass is 16.4. The number of benzene rings is 4. The molecule has 0 bridgehead atoms. The van der Waals surface area contributed by atoms with Crippen LogP contribution in [0.25, 0.3) is 21.5 Å². The summed E-state index contributed by atoms with van der Waals surface area (Å²) in [6, 6.07) is 25.8. The van der Waals surface area contributed by atoms with Crippen molar-refractivity contribution in [2.45, 2.75) is 51.4 Å². The van der Waals surface area contributed by atoms with Crippen LogP contribution in [0, 0.1) is 0 Å². The number of nitrogens with two attached hydrogens (primary N) is 1. The maximum absolute atomic E-state index is 11.1. The van der Waals surface area contributed by atoms with E-state index in [-0.39, 0.29) is 17.3 Å². The zero-order valence-corrected chi connectivity index (χ0v) is 26.0. The molecule has 3 N–H and O–H groups in total. The van der Waals surface area contributed by atoms with Crippen LogP contribution in [0.3, 0.4) is 0 Å². The minimum absolute atomic E-state index is 0.0873. The third-order valence-electron chi connectivity index (χ3n) is 8.72. The normalized spacial score (nSPS) is 16.0. The van der Waals surface area contributed by atoms with Crippen LogP contribution in [0.1, 0.15) is 51.7 Å². The molecule has 0 amide bonds. The summed E-state index contributed by atoms with van der Waals surface area (Å²) in [6.45, 7) is 9.68. The second kappa shape index (κ2) is 12.4. The fourth-order valence-corrected chi connectivity index (χ4v) is 6.64. The molecule has 0 spiro atoms. The molecule has 0 radical (unpaired) electrons. The SMILES string of the molecule is CN1/C(=C/C=C/C=C/C=C/CC(C)(C)c2c([NH2+]CCC(=O)O)ccc3ccccc23)C(C)(C)c2c1ccc1ccccc21. The Kier molecular flexibility index (Phi) is 8.70. The van der Waals surface area contributed by atoms with Crippen molar-refractivity contribution in [2.75, 3.05) is 18.5 Å². The average Bonchev–Trinajstić information content (AvgIpc) is 3.18. The summed E-state index contributed by atoms with van der Waals surface area (Å²) in [5.41, 5.74) is 6.13. The Hall–Kier alpha value is -4.41.